The number of imidazole rings is 1. The molecule has 1 aliphatic rings. The van der Waals surface area contributed by atoms with E-state index in [2.05, 4.69) is 40.6 Å². The second-order valence-corrected chi connectivity index (χ2v) is 9.43. The molecule has 1 aromatic heterocycles. The summed E-state index contributed by atoms with van der Waals surface area (Å²) in [4.78, 5) is 22.2. The van der Waals surface area contributed by atoms with Crippen LogP contribution in [0.25, 0.3) is 11.0 Å². The second-order valence-electron chi connectivity index (χ2n) is 9.02. The van der Waals surface area contributed by atoms with Gasteiger partial charge in [0, 0.05) is 42.9 Å². The molecule has 33 heavy (non-hydrogen) atoms. The zero-order valence-electron chi connectivity index (χ0n) is 19.8. The quantitative estimate of drug-likeness (QED) is 0.557. The van der Waals surface area contributed by atoms with E-state index in [1.807, 2.05) is 31.2 Å². The minimum absolute atomic E-state index is 0.0752. The molecule has 0 spiro atoms. The number of likely N-dealkylation sites (N-methyl/N-ethyl adjacent to an activating group) is 1. The van der Waals surface area contributed by atoms with Crippen molar-refractivity contribution in [1.82, 2.24) is 19.4 Å². The van der Waals surface area contributed by atoms with Gasteiger partial charge in [-0.15, -0.1) is 0 Å². The predicted octanol–water partition coefficient (Wildman–Crippen LogP) is 4.34. The van der Waals surface area contributed by atoms with Gasteiger partial charge >= 0.3 is 0 Å². The number of piperazine rings is 1. The third-order valence-corrected chi connectivity index (χ3v) is 6.45. The summed E-state index contributed by atoms with van der Waals surface area (Å²) in [7, 11) is 2.16. The number of ether oxygens (including phenoxy) is 1. The van der Waals surface area contributed by atoms with E-state index < -0.39 is 0 Å². The van der Waals surface area contributed by atoms with Crippen LogP contribution in [0.2, 0.25) is 5.02 Å². The normalized spacial score (nSPS) is 15.3. The first-order chi connectivity index (χ1) is 15.8. The molecule has 1 fully saturated rings. The summed E-state index contributed by atoms with van der Waals surface area (Å²) in [6.07, 6.45) is 0. The van der Waals surface area contributed by atoms with Crippen molar-refractivity contribution in [3.05, 3.63) is 52.8 Å². The Labute approximate surface area is 200 Å². The van der Waals surface area contributed by atoms with Crippen LogP contribution in [0.4, 0.5) is 5.69 Å². The maximum absolute atomic E-state index is 12.4. The summed E-state index contributed by atoms with van der Waals surface area (Å²) in [6, 6.07) is 11.5. The van der Waals surface area contributed by atoms with Crippen LogP contribution < -0.4 is 10.1 Å². The SMILES string of the molecule is Cc1cc(OCC(=O)Nc2ccc3c(c2)nc(CN2CCN(C)CC2)n3C(C)C)ccc1Cl. The Morgan fingerprint density at radius 3 is 2.61 bits per heavy atom. The highest BCUT2D eigenvalue weighted by Crippen LogP contribution is 2.25. The molecule has 1 amide bonds. The number of amides is 1. The Bertz CT molecular complexity index is 1140. The molecule has 0 atom stereocenters. The number of hydrogen-bond acceptors (Lipinski definition) is 5. The van der Waals surface area contributed by atoms with Crippen LogP contribution in [0.1, 0.15) is 31.3 Å². The first kappa shape index (κ1) is 23.5. The number of halogens is 1. The highest BCUT2D eigenvalue weighted by atomic mass is 35.5. The number of aromatic nitrogens is 2. The summed E-state index contributed by atoms with van der Waals surface area (Å²) in [6.45, 7) is 11.3. The van der Waals surface area contributed by atoms with Crippen molar-refractivity contribution in [3.8, 4) is 5.75 Å². The van der Waals surface area contributed by atoms with Crippen molar-refractivity contribution in [2.45, 2.75) is 33.4 Å². The van der Waals surface area contributed by atoms with Gasteiger partial charge in [-0.2, -0.15) is 0 Å². The van der Waals surface area contributed by atoms with Gasteiger partial charge in [0.05, 0.1) is 17.6 Å². The molecule has 8 heteroatoms. The van der Waals surface area contributed by atoms with E-state index in [-0.39, 0.29) is 12.5 Å². The number of carbonyl (C=O) groups is 1. The lowest BCUT2D eigenvalue weighted by atomic mass is 10.2. The van der Waals surface area contributed by atoms with Crippen molar-refractivity contribution < 1.29 is 9.53 Å². The fourth-order valence-electron chi connectivity index (χ4n) is 4.17. The average Bonchev–Trinajstić information content (AvgIpc) is 3.13. The molecule has 0 bridgehead atoms. The lowest BCUT2D eigenvalue weighted by molar-refractivity contribution is -0.118. The maximum Gasteiger partial charge on any atom is 0.262 e. The van der Waals surface area contributed by atoms with Gasteiger partial charge in [-0.25, -0.2) is 4.98 Å². The maximum atomic E-state index is 12.4. The number of benzene rings is 2. The van der Waals surface area contributed by atoms with Crippen LogP contribution in [-0.4, -0.2) is 65.1 Å². The fraction of sp³-hybridized carbons (Fsp3) is 0.440. The van der Waals surface area contributed by atoms with Gasteiger partial charge in [-0.05, 0) is 69.8 Å². The van der Waals surface area contributed by atoms with Gasteiger partial charge in [-0.1, -0.05) is 11.6 Å². The molecule has 0 unspecified atom stereocenters. The first-order valence-corrected chi connectivity index (χ1v) is 11.8. The van der Waals surface area contributed by atoms with Crippen LogP contribution >= 0.6 is 11.6 Å². The van der Waals surface area contributed by atoms with Gasteiger partial charge in [0.15, 0.2) is 6.61 Å². The van der Waals surface area contributed by atoms with Crippen LogP contribution in [0.3, 0.4) is 0 Å². The largest absolute Gasteiger partial charge is 0.484 e. The van der Waals surface area contributed by atoms with Crippen LogP contribution in [0.15, 0.2) is 36.4 Å². The molecule has 1 saturated heterocycles. The Hall–Kier alpha value is -2.61. The summed E-state index contributed by atoms with van der Waals surface area (Å²) >= 11 is 6.04. The van der Waals surface area contributed by atoms with Gasteiger partial charge in [0.25, 0.3) is 5.91 Å². The zero-order chi connectivity index (χ0) is 23.5. The van der Waals surface area contributed by atoms with E-state index in [9.17, 15) is 4.79 Å². The Morgan fingerprint density at radius 2 is 1.91 bits per heavy atom. The number of aryl methyl sites for hydroxylation is 1. The second kappa shape index (κ2) is 10.1. The molecule has 1 N–H and O–H groups in total. The highest BCUT2D eigenvalue weighted by molar-refractivity contribution is 6.31. The Morgan fingerprint density at radius 1 is 1.15 bits per heavy atom. The lowest BCUT2D eigenvalue weighted by Gasteiger charge is -2.32. The van der Waals surface area contributed by atoms with Crippen molar-refractivity contribution in [2.24, 2.45) is 0 Å². The summed E-state index contributed by atoms with van der Waals surface area (Å²) < 4.78 is 7.91. The molecule has 0 aliphatic carbocycles. The Balaban J connectivity index is 1.45. The average molecular weight is 470 g/mol. The third kappa shape index (κ3) is 5.66. The smallest absolute Gasteiger partial charge is 0.262 e. The van der Waals surface area contributed by atoms with E-state index in [4.69, 9.17) is 21.3 Å². The van der Waals surface area contributed by atoms with E-state index in [0.29, 0.717) is 22.5 Å². The van der Waals surface area contributed by atoms with Gasteiger partial charge in [0.2, 0.25) is 0 Å². The van der Waals surface area contributed by atoms with Crippen molar-refractivity contribution in [2.75, 3.05) is 45.2 Å². The molecular formula is C25H32ClN5O2. The lowest BCUT2D eigenvalue weighted by Crippen LogP contribution is -2.44. The summed E-state index contributed by atoms with van der Waals surface area (Å²) in [5.74, 6) is 1.46. The first-order valence-electron chi connectivity index (χ1n) is 11.4. The number of hydrogen-bond donors (Lipinski definition) is 1. The van der Waals surface area contributed by atoms with E-state index >= 15 is 0 Å². The number of fused-ring (bicyclic) bond motifs is 1. The zero-order valence-corrected chi connectivity index (χ0v) is 20.5. The number of nitrogens with zero attached hydrogens (tertiary/aromatic N) is 4. The van der Waals surface area contributed by atoms with Crippen LogP contribution in [0.5, 0.6) is 5.75 Å². The monoisotopic (exact) mass is 469 g/mol. The number of rotatable bonds is 7. The van der Waals surface area contributed by atoms with Crippen LogP contribution in [0, 0.1) is 6.92 Å². The summed E-state index contributed by atoms with van der Waals surface area (Å²) in [5.41, 5.74) is 3.59. The minimum atomic E-state index is -0.220. The number of carbonyl (C=O) groups excluding carboxylic acids is 1. The summed E-state index contributed by atoms with van der Waals surface area (Å²) in [5, 5.41) is 3.59. The molecule has 2 heterocycles. The predicted molar refractivity (Wildman–Crippen MR) is 133 cm³/mol. The van der Waals surface area contributed by atoms with E-state index in [0.717, 1.165) is 55.1 Å². The van der Waals surface area contributed by atoms with Gasteiger partial charge in [0.1, 0.15) is 11.6 Å². The van der Waals surface area contributed by atoms with Gasteiger partial charge < -0.3 is 19.5 Å². The molecule has 0 radical (unpaired) electrons. The van der Waals surface area contributed by atoms with E-state index in [1.165, 1.54) is 0 Å². The fourth-order valence-corrected chi connectivity index (χ4v) is 4.29. The highest BCUT2D eigenvalue weighted by Gasteiger charge is 2.19. The third-order valence-electron chi connectivity index (χ3n) is 6.02. The molecule has 4 rings (SSSR count). The number of anilines is 1. The molecule has 7 nitrogen and oxygen atoms in total. The topological polar surface area (TPSA) is 62.6 Å². The standard InChI is InChI=1S/C25H32ClN5O2/c1-17(2)31-23-8-5-19(27-25(32)16-33-20-6-7-21(26)18(3)13-20)14-22(23)28-24(31)15-30-11-9-29(4)10-12-30/h5-8,13-14,17H,9-12,15-16H2,1-4H3,(H,27,32). The molecule has 0 saturated carbocycles. The molecule has 1 aliphatic heterocycles. The molecule has 176 valence electrons. The minimum Gasteiger partial charge on any atom is -0.484 e. The Kier molecular flexibility index (Phi) is 7.22. The van der Waals surface area contributed by atoms with Crippen LogP contribution in [-0.2, 0) is 11.3 Å². The van der Waals surface area contributed by atoms with Crippen molar-refractivity contribution in [1.29, 1.82) is 0 Å². The number of nitrogens with one attached hydrogen (secondary N) is 1. The molecular weight excluding hydrogens is 438 g/mol. The molecule has 3 aromatic rings. The van der Waals surface area contributed by atoms with Gasteiger partial charge in [-0.3, -0.25) is 9.69 Å². The van der Waals surface area contributed by atoms with Crippen molar-refractivity contribution >= 4 is 34.2 Å². The van der Waals surface area contributed by atoms with E-state index in [1.54, 1.807) is 12.1 Å². The van der Waals surface area contributed by atoms with Crippen molar-refractivity contribution in [3.63, 3.8) is 0 Å². The molecule has 2 aromatic carbocycles.